The van der Waals surface area contributed by atoms with E-state index in [9.17, 15) is 22.8 Å². The van der Waals surface area contributed by atoms with Gasteiger partial charge in [-0.2, -0.15) is 13.2 Å². The van der Waals surface area contributed by atoms with Crippen LogP contribution in [0.4, 0.5) is 13.2 Å². The van der Waals surface area contributed by atoms with Crippen molar-refractivity contribution in [2.75, 3.05) is 0 Å². The number of carboxylic acid groups (broad SMARTS) is 2. The smallest absolute Gasteiger partial charge is 0.436 e. The van der Waals surface area contributed by atoms with Crippen LogP contribution < -0.4 is 0 Å². The molecule has 0 unspecified atom stereocenters. The van der Waals surface area contributed by atoms with E-state index in [0.717, 1.165) is 0 Å². The minimum Gasteiger partial charge on any atom is -0.476 e. The Balaban J connectivity index is 3.57. The molecule has 10 heteroatoms. The molecule has 0 aromatic carbocycles. The van der Waals surface area contributed by atoms with E-state index in [2.05, 4.69) is 25.9 Å². The second kappa shape index (κ2) is 4.28. The summed E-state index contributed by atoms with van der Waals surface area (Å²) in [5.74, 6) is -3.70. The highest BCUT2D eigenvalue weighted by molar-refractivity contribution is 9.10. The number of halogens is 4. The summed E-state index contributed by atoms with van der Waals surface area (Å²) in [7, 11) is 0. The van der Waals surface area contributed by atoms with Crippen molar-refractivity contribution >= 4 is 27.9 Å². The van der Waals surface area contributed by atoms with Crippen LogP contribution in [0.2, 0.25) is 0 Å². The molecule has 0 aliphatic rings. The summed E-state index contributed by atoms with van der Waals surface area (Å²) in [6.07, 6.45) is -4.94. The molecule has 0 spiro atoms. The Morgan fingerprint density at radius 3 is 1.82 bits per heavy atom. The first-order valence-electron chi connectivity index (χ1n) is 3.76. The molecule has 0 fully saturated rings. The maximum absolute atomic E-state index is 12.4. The Labute approximate surface area is 99.2 Å². The summed E-state index contributed by atoms with van der Waals surface area (Å²) < 4.78 is 36.2. The number of hydrogen-bond acceptors (Lipinski definition) is 4. The number of aromatic nitrogens is 2. The van der Waals surface area contributed by atoms with E-state index in [1.807, 2.05) is 0 Å². The standard InChI is InChI=1S/C7H2BrF3N2O4/c8-4-3(7(9,10)11)12-1(5(14)15)2(13-4)6(16)17/h(H,14,15)(H,16,17). The first kappa shape index (κ1) is 13.4. The molecular formula is C7H2BrF3N2O4. The van der Waals surface area contributed by atoms with Gasteiger partial charge in [-0.15, -0.1) is 0 Å². The molecule has 0 radical (unpaired) electrons. The van der Waals surface area contributed by atoms with Crippen molar-refractivity contribution in [3.8, 4) is 0 Å². The van der Waals surface area contributed by atoms with Gasteiger partial charge in [-0.05, 0) is 15.9 Å². The predicted octanol–water partition coefficient (Wildman–Crippen LogP) is 1.65. The van der Waals surface area contributed by atoms with Crippen molar-refractivity contribution in [1.29, 1.82) is 0 Å². The fourth-order valence-electron chi connectivity index (χ4n) is 0.894. The van der Waals surface area contributed by atoms with E-state index in [1.165, 1.54) is 0 Å². The van der Waals surface area contributed by atoms with Gasteiger partial charge in [0.05, 0.1) is 0 Å². The van der Waals surface area contributed by atoms with Crippen LogP contribution in [-0.4, -0.2) is 32.1 Å². The molecule has 0 saturated heterocycles. The van der Waals surface area contributed by atoms with E-state index in [0.29, 0.717) is 0 Å². The zero-order valence-corrected chi connectivity index (χ0v) is 9.20. The number of nitrogens with zero attached hydrogens (tertiary/aromatic N) is 2. The molecule has 0 atom stereocenters. The Morgan fingerprint density at radius 1 is 1.06 bits per heavy atom. The first-order chi connectivity index (χ1) is 7.64. The Kier molecular flexibility index (Phi) is 3.36. The average molecular weight is 315 g/mol. The van der Waals surface area contributed by atoms with Gasteiger partial charge in [0.25, 0.3) is 0 Å². The maximum atomic E-state index is 12.4. The summed E-state index contributed by atoms with van der Waals surface area (Å²) in [5, 5.41) is 17.1. The van der Waals surface area contributed by atoms with Gasteiger partial charge in [0.1, 0.15) is 4.60 Å². The summed E-state index contributed by atoms with van der Waals surface area (Å²) in [6, 6.07) is 0. The topological polar surface area (TPSA) is 100 Å². The number of carbonyl (C=O) groups is 2. The Bertz CT molecular complexity index is 503. The van der Waals surface area contributed by atoms with Gasteiger partial charge in [0.2, 0.25) is 0 Å². The fourth-order valence-corrected chi connectivity index (χ4v) is 1.38. The van der Waals surface area contributed by atoms with E-state index < -0.39 is 39.8 Å². The lowest BCUT2D eigenvalue weighted by molar-refractivity contribution is -0.142. The molecule has 0 aliphatic heterocycles. The third-order valence-electron chi connectivity index (χ3n) is 1.53. The van der Waals surface area contributed by atoms with E-state index in [4.69, 9.17) is 10.2 Å². The lowest BCUT2D eigenvalue weighted by Crippen LogP contribution is -2.19. The van der Waals surface area contributed by atoms with Gasteiger partial charge in [-0.3, -0.25) is 0 Å². The molecule has 1 aromatic heterocycles. The second-order valence-corrected chi connectivity index (χ2v) is 3.42. The minimum absolute atomic E-state index is 0.882. The molecule has 1 rings (SSSR count). The minimum atomic E-state index is -4.94. The highest BCUT2D eigenvalue weighted by Gasteiger charge is 2.38. The van der Waals surface area contributed by atoms with Crippen LogP contribution >= 0.6 is 15.9 Å². The third kappa shape index (κ3) is 2.70. The summed E-state index contributed by atoms with van der Waals surface area (Å²) in [4.78, 5) is 26.9. The lowest BCUT2D eigenvalue weighted by atomic mass is 10.3. The van der Waals surface area contributed by atoms with Crippen molar-refractivity contribution < 1.29 is 33.0 Å². The van der Waals surface area contributed by atoms with Crippen LogP contribution in [0.3, 0.4) is 0 Å². The summed E-state index contributed by atoms with van der Waals surface area (Å²) in [5.41, 5.74) is -3.94. The first-order valence-corrected chi connectivity index (χ1v) is 4.55. The molecule has 1 heterocycles. The van der Waals surface area contributed by atoms with Crippen molar-refractivity contribution in [1.82, 2.24) is 9.97 Å². The average Bonchev–Trinajstić information content (AvgIpc) is 2.14. The van der Waals surface area contributed by atoms with Crippen molar-refractivity contribution in [3.63, 3.8) is 0 Å². The van der Waals surface area contributed by atoms with E-state index in [-0.39, 0.29) is 0 Å². The largest absolute Gasteiger partial charge is 0.476 e. The molecule has 0 aliphatic carbocycles. The molecule has 0 amide bonds. The van der Waals surface area contributed by atoms with Gasteiger partial charge >= 0.3 is 18.1 Å². The van der Waals surface area contributed by atoms with Crippen LogP contribution in [-0.2, 0) is 6.18 Å². The molecule has 2 N–H and O–H groups in total. The van der Waals surface area contributed by atoms with Crippen molar-refractivity contribution in [2.24, 2.45) is 0 Å². The highest BCUT2D eigenvalue weighted by Crippen LogP contribution is 2.32. The Hall–Kier alpha value is -1.71. The third-order valence-corrected chi connectivity index (χ3v) is 2.08. The fraction of sp³-hybridized carbons (Fsp3) is 0.143. The number of carboxylic acids is 2. The van der Waals surface area contributed by atoms with Crippen LogP contribution in [0.25, 0.3) is 0 Å². The zero-order chi connectivity index (χ0) is 13.4. The van der Waals surface area contributed by atoms with Crippen molar-refractivity contribution in [3.05, 3.63) is 21.7 Å². The van der Waals surface area contributed by atoms with E-state index >= 15 is 0 Å². The molecule has 0 bridgehead atoms. The van der Waals surface area contributed by atoms with Crippen LogP contribution in [0.1, 0.15) is 26.7 Å². The molecule has 17 heavy (non-hydrogen) atoms. The van der Waals surface area contributed by atoms with Crippen molar-refractivity contribution in [2.45, 2.75) is 6.18 Å². The molecule has 92 valence electrons. The Morgan fingerprint density at radius 2 is 1.47 bits per heavy atom. The molecular weight excluding hydrogens is 313 g/mol. The van der Waals surface area contributed by atoms with Gasteiger partial charge in [-0.1, -0.05) is 0 Å². The van der Waals surface area contributed by atoms with Crippen LogP contribution in [0.5, 0.6) is 0 Å². The predicted molar refractivity (Wildman–Crippen MR) is 48.7 cm³/mol. The lowest BCUT2D eigenvalue weighted by Gasteiger charge is -2.09. The monoisotopic (exact) mass is 314 g/mol. The van der Waals surface area contributed by atoms with Crippen LogP contribution in [0.15, 0.2) is 4.60 Å². The van der Waals surface area contributed by atoms with E-state index in [1.54, 1.807) is 0 Å². The van der Waals surface area contributed by atoms with Gasteiger partial charge in [-0.25, -0.2) is 19.6 Å². The zero-order valence-electron chi connectivity index (χ0n) is 7.62. The number of alkyl halides is 3. The normalized spacial score (nSPS) is 11.3. The summed E-state index contributed by atoms with van der Waals surface area (Å²) in [6.45, 7) is 0. The number of hydrogen-bond donors (Lipinski definition) is 2. The van der Waals surface area contributed by atoms with Gasteiger partial charge in [0, 0.05) is 0 Å². The number of rotatable bonds is 2. The highest BCUT2D eigenvalue weighted by atomic mass is 79.9. The SMILES string of the molecule is O=C(O)c1nc(Br)c(C(F)(F)F)nc1C(=O)O. The maximum Gasteiger partial charge on any atom is 0.436 e. The van der Waals surface area contributed by atoms with Gasteiger partial charge in [0.15, 0.2) is 17.1 Å². The second-order valence-electron chi connectivity index (χ2n) is 2.67. The number of aromatic carboxylic acids is 2. The van der Waals surface area contributed by atoms with Gasteiger partial charge < -0.3 is 10.2 Å². The molecule has 0 saturated carbocycles. The quantitative estimate of drug-likeness (QED) is 0.861. The molecule has 6 nitrogen and oxygen atoms in total. The molecule has 1 aromatic rings. The van der Waals surface area contributed by atoms with Crippen LogP contribution in [0, 0.1) is 0 Å². The summed E-state index contributed by atoms with van der Waals surface area (Å²) >= 11 is 2.38.